The summed E-state index contributed by atoms with van der Waals surface area (Å²) in [4.78, 5) is 44.1. The van der Waals surface area contributed by atoms with Crippen molar-refractivity contribution < 1.29 is 14.4 Å². The Balaban J connectivity index is 1.27. The van der Waals surface area contributed by atoms with E-state index >= 15 is 0 Å². The van der Waals surface area contributed by atoms with Crippen LogP contribution in [0.15, 0.2) is 42.5 Å². The number of carbonyl (C=O) groups excluding carboxylic acids is 3. The first kappa shape index (κ1) is 18.7. The van der Waals surface area contributed by atoms with Crippen molar-refractivity contribution >= 4 is 44.4 Å². The van der Waals surface area contributed by atoms with Gasteiger partial charge in [-0.3, -0.25) is 14.4 Å². The van der Waals surface area contributed by atoms with Crippen LogP contribution in [-0.4, -0.2) is 40.2 Å². The lowest BCUT2D eigenvalue weighted by atomic mass is 10.0. The second-order valence-corrected chi connectivity index (χ2v) is 8.72. The predicted octanol–water partition coefficient (Wildman–Crippen LogP) is 3.02. The minimum Gasteiger partial charge on any atom is -0.345 e. The van der Waals surface area contributed by atoms with Gasteiger partial charge in [-0.2, -0.15) is 0 Å². The third kappa shape index (κ3) is 3.33. The van der Waals surface area contributed by atoms with E-state index in [0.29, 0.717) is 16.3 Å². The number of thiazole rings is 1. The molecule has 1 aliphatic heterocycles. The van der Waals surface area contributed by atoms with E-state index in [9.17, 15) is 14.4 Å². The molecule has 0 bridgehead atoms. The maximum absolute atomic E-state index is 12.9. The fourth-order valence-corrected chi connectivity index (χ4v) is 4.83. The van der Waals surface area contributed by atoms with Gasteiger partial charge in [0.05, 0.1) is 16.8 Å². The first-order valence-electron chi connectivity index (χ1n) is 9.87. The summed E-state index contributed by atoms with van der Waals surface area (Å²) in [6.45, 7) is 1.82. The third-order valence-corrected chi connectivity index (χ3v) is 6.33. The summed E-state index contributed by atoms with van der Waals surface area (Å²) >= 11 is 1.39. The van der Waals surface area contributed by atoms with Gasteiger partial charge in [-0.15, -0.1) is 0 Å². The average molecular weight is 420 g/mol. The Kier molecular flexibility index (Phi) is 4.51. The maximum atomic E-state index is 12.9. The van der Waals surface area contributed by atoms with Crippen LogP contribution in [0.2, 0.25) is 0 Å². The number of amides is 3. The quantitative estimate of drug-likeness (QED) is 0.664. The summed E-state index contributed by atoms with van der Waals surface area (Å²) in [6, 6.07) is 12.5. The predicted molar refractivity (Wildman–Crippen MR) is 114 cm³/mol. The number of benzene rings is 2. The van der Waals surface area contributed by atoms with E-state index in [0.717, 1.165) is 28.6 Å². The van der Waals surface area contributed by atoms with E-state index in [-0.39, 0.29) is 30.3 Å². The fraction of sp³-hybridized carbons (Fsp3) is 0.273. The molecule has 2 heterocycles. The lowest BCUT2D eigenvalue weighted by Crippen LogP contribution is -2.42. The van der Waals surface area contributed by atoms with Crippen LogP contribution >= 0.6 is 11.3 Å². The molecule has 1 fully saturated rings. The van der Waals surface area contributed by atoms with Crippen LogP contribution in [0.5, 0.6) is 0 Å². The molecule has 3 aromatic rings. The molecule has 0 spiro atoms. The van der Waals surface area contributed by atoms with Gasteiger partial charge in [-0.05, 0) is 49.1 Å². The summed E-state index contributed by atoms with van der Waals surface area (Å²) in [5, 5.41) is 5.93. The number of nitrogens with one attached hydrogen (secondary N) is 2. The molecule has 2 aliphatic rings. The number of hydrogen-bond donors (Lipinski definition) is 2. The molecule has 8 heteroatoms. The standard InChI is InChI=1S/C22H20N4O3S/c1-12-6-9-16-17(10-12)30-22(24-16)25-18(27)11-23-20(28)19-14-4-2-3-5-15(14)21(29)26(19)13-7-8-13/h2-6,9-10,13,19H,7-8,11H2,1H3,(H,23,28)(H,24,25,27). The summed E-state index contributed by atoms with van der Waals surface area (Å²) in [5.74, 6) is -0.799. The Morgan fingerprint density at radius 3 is 2.80 bits per heavy atom. The molecule has 3 amide bonds. The van der Waals surface area contributed by atoms with Crippen molar-refractivity contribution in [2.45, 2.75) is 31.8 Å². The molecule has 2 N–H and O–H groups in total. The number of aromatic nitrogens is 1. The Hall–Kier alpha value is -3.26. The highest BCUT2D eigenvalue weighted by Gasteiger charge is 2.47. The van der Waals surface area contributed by atoms with Crippen LogP contribution < -0.4 is 10.6 Å². The van der Waals surface area contributed by atoms with Gasteiger partial charge in [0.2, 0.25) is 11.8 Å². The SMILES string of the molecule is Cc1ccc2nc(NC(=O)CNC(=O)C3c4ccccc4C(=O)N3C3CC3)sc2c1. The number of hydrogen-bond acceptors (Lipinski definition) is 5. The molecule has 1 aromatic heterocycles. The van der Waals surface area contributed by atoms with Gasteiger partial charge in [-0.1, -0.05) is 35.6 Å². The molecule has 30 heavy (non-hydrogen) atoms. The summed E-state index contributed by atoms with van der Waals surface area (Å²) in [5.41, 5.74) is 3.22. The van der Waals surface area contributed by atoms with Crippen LogP contribution in [0, 0.1) is 6.92 Å². The van der Waals surface area contributed by atoms with Crippen molar-refractivity contribution in [2.75, 3.05) is 11.9 Å². The molecule has 0 saturated heterocycles. The molecule has 1 atom stereocenters. The fourth-order valence-electron chi connectivity index (χ4n) is 3.85. The molecule has 1 unspecified atom stereocenters. The van der Waals surface area contributed by atoms with Gasteiger partial charge >= 0.3 is 0 Å². The summed E-state index contributed by atoms with van der Waals surface area (Å²) < 4.78 is 0.996. The van der Waals surface area contributed by atoms with Gasteiger partial charge in [-0.25, -0.2) is 4.98 Å². The first-order valence-corrected chi connectivity index (χ1v) is 10.7. The molecule has 1 aliphatic carbocycles. The highest BCUT2D eigenvalue weighted by atomic mass is 32.1. The second kappa shape index (κ2) is 7.21. The molecule has 1 saturated carbocycles. The Bertz CT molecular complexity index is 1180. The van der Waals surface area contributed by atoms with Gasteiger partial charge in [0, 0.05) is 11.6 Å². The van der Waals surface area contributed by atoms with E-state index in [1.807, 2.05) is 37.3 Å². The van der Waals surface area contributed by atoms with E-state index < -0.39 is 6.04 Å². The lowest BCUT2D eigenvalue weighted by Gasteiger charge is -2.24. The Morgan fingerprint density at radius 2 is 2.00 bits per heavy atom. The van der Waals surface area contributed by atoms with Crippen molar-refractivity contribution in [1.29, 1.82) is 0 Å². The van der Waals surface area contributed by atoms with Crippen molar-refractivity contribution in [2.24, 2.45) is 0 Å². The zero-order chi connectivity index (χ0) is 20.8. The molecule has 152 valence electrons. The number of aryl methyl sites for hydroxylation is 1. The molecule has 7 nitrogen and oxygen atoms in total. The minimum atomic E-state index is -0.681. The maximum Gasteiger partial charge on any atom is 0.255 e. The smallest absolute Gasteiger partial charge is 0.255 e. The Labute approximate surface area is 177 Å². The number of rotatable bonds is 5. The second-order valence-electron chi connectivity index (χ2n) is 7.69. The third-order valence-electron chi connectivity index (χ3n) is 5.40. The zero-order valence-electron chi connectivity index (χ0n) is 16.3. The highest BCUT2D eigenvalue weighted by Crippen LogP contribution is 2.41. The minimum absolute atomic E-state index is 0.0979. The van der Waals surface area contributed by atoms with Crippen LogP contribution in [-0.2, 0) is 9.59 Å². The molecular formula is C22H20N4O3S. The van der Waals surface area contributed by atoms with Crippen LogP contribution in [0.1, 0.15) is 40.4 Å². The number of fused-ring (bicyclic) bond motifs is 2. The highest BCUT2D eigenvalue weighted by molar-refractivity contribution is 7.22. The molecular weight excluding hydrogens is 400 g/mol. The van der Waals surface area contributed by atoms with Crippen molar-refractivity contribution in [1.82, 2.24) is 15.2 Å². The number of nitrogens with zero attached hydrogens (tertiary/aromatic N) is 2. The largest absolute Gasteiger partial charge is 0.345 e. The number of carbonyl (C=O) groups is 3. The van der Waals surface area contributed by atoms with E-state index in [4.69, 9.17) is 0 Å². The first-order chi connectivity index (χ1) is 14.5. The van der Waals surface area contributed by atoms with E-state index in [1.165, 1.54) is 11.3 Å². The van der Waals surface area contributed by atoms with Crippen LogP contribution in [0.3, 0.4) is 0 Å². The molecule has 5 rings (SSSR count). The average Bonchev–Trinajstić information content (AvgIpc) is 3.42. The van der Waals surface area contributed by atoms with Crippen LogP contribution in [0.4, 0.5) is 5.13 Å². The van der Waals surface area contributed by atoms with Gasteiger partial charge in [0.25, 0.3) is 5.91 Å². The van der Waals surface area contributed by atoms with Crippen molar-refractivity contribution in [3.05, 3.63) is 59.2 Å². The molecule has 2 aromatic carbocycles. The lowest BCUT2D eigenvalue weighted by molar-refractivity contribution is -0.127. The zero-order valence-corrected chi connectivity index (χ0v) is 17.2. The monoisotopic (exact) mass is 420 g/mol. The molecule has 0 radical (unpaired) electrons. The topological polar surface area (TPSA) is 91.4 Å². The number of anilines is 1. The van der Waals surface area contributed by atoms with E-state index in [2.05, 4.69) is 15.6 Å². The normalized spacial score (nSPS) is 17.8. The summed E-state index contributed by atoms with van der Waals surface area (Å²) in [6.07, 6.45) is 1.81. The summed E-state index contributed by atoms with van der Waals surface area (Å²) in [7, 11) is 0. The van der Waals surface area contributed by atoms with Gasteiger partial charge in [0.1, 0.15) is 6.04 Å². The Morgan fingerprint density at radius 1 is 1.20 bits per heavy atom. The van der Waals surface area contributed by atoms with Gasteiger partial charge in [0.15, 0.2) is 5.13 Å². The van der Waals surface area contributed by atoms with Crippen molar-refractivity contribution in [3.8, 4) is 0 Å². The van der Waals surface area contributed by atoms with Gasteiger partial charge < -0.3 is 15.5 Å². The van der Waals surface area contributed by atoms with Crippen molar-refractivity contribution in [3.63, 3.8) is 0 Å². The van der Waals surface area contributed by atoms with Crippen LogP contribution in [0.25, 0.3) is 10.2 Å². The van der Waals surface area contributed by atoms with E-state index in [1.54, 1.807) is 17.0 Å².